The minimum Gasteiger partial charge on any atom is -0.489 e. The quantitative estimate of drug-likeness (QED) is 0.437. The number of carboxylic acids is 1. The maximum absolute atomic E-state index is 14.5. The van der Waals surface area contributed by atoms with E-state index in [9.17, 15) is 14.3 Å². The smallest absolute Gasteiger partial charge is 0.336 e. The molecule has 0 amide bonds. The van der Waals surface area contributed by atoms with Crippen LogP contribution in [-0.2, 0) is 13.2 Å². The number of carbonyl (C=O) groups is 1. The number of fused-ring (bicyclic) bond motifs is 1. The molecule has 1 N–H and O–H groups in total. The Morgan fingerprint density at radius 3 is 2.64 bits per heavy atom. The third kappa shape index (κ3) is 4.28. The van der Waals surface area contributed by atoms with Crippen LogP contribution in [0.5, 0.6) is 5.75 Å². The van der Waals surface area contributed by atoms with E-state index in [1.807, 2.05) is 49.6 Å². The molecule has 7 heteroatoms. The normalized spacial score (nSPS) is 10.9. The second-order valence-electron chi connectivity index (χ2n) is 7.97. The molecule has 0 aliphatic carbocycles. The first kappa shape index (κ1) is 22.0. The first-order valence-corrected chi connectivity index (χ1v) is 10.4. The van der Waals surface area contributed by atoms with Crippen molar-refractivity contribution in [1.29, 1.82) is 5.26 Å². The number of aryl methyl sites for hydroxylation is 3. The topological polar surface area (TPSA) is 88.1 Å². The minimum atomic E-state index is -0.998. The molecule has 0 aliphatic rings. The number of imidazole rings is 1. The highest BCUT2D eigenvalue weighted by atomic mass is 19.1. The fraction of sp³-hybridized carbons (Fsp3) is 0.192. The molecule has 33 heavy (non-hydrogen) atoms. The van der Waals surface area contributed by atoms with Gasteiger partial charge in [0, 0.05) is 17.2 Å². The predicted molar refractivity (Wildman–Crippen MR) is 122 cm³/mol. The average Bonchev–Trinajstić information content (AvgIpc) is 3.09. The fourth-order valence-corrected chi connectivity index (χ4v) is 3.92. The van der Waals surface area contributed by atoms with Crippen LogP contribution in [0.2, 0.25) is 0 Å². The molecule has 4 aromatic rings. The molecule has 0 fully saturated rings. The molecule has 0 atom stereocenters. The zero-order chi connectivity index (χ0) is 23.7. The second-order valence-corrected chi connectivity index (χ2v) is 7.97. The van der Waals surface area contributed by atoms with Gasteiger partial charge in [-0.25, -0.2) is 14.2 Å². The number of aromatic carboxylic acids is 1. The maximum Gasteiger partial charge on any atom is 0.336 e. The highest BCUT2D eigenvalue weighted by molar-refractivity contribution is 5.89. The summed E-state index contributed by atoms with van der Waals surface area (Å²) in [5, 5.41) is 18.5. The Bertz CT molecular complexity index is 1430. The van der Waals surface area contributed by atoms with E-state index in [0.29, 0.717) is 16.9 Å². The van der Waals surface area contributed by atoms with Crippen molar-refractivity contribution in [3.8, 4) is 11.8 Å². The van der Waals surface area contributed by atoms with Crippen LogP contribution in [0.1, 0.15) is 44.0 Å². The summed E-state index contributed by atoms with van der Waals surface area (Å²) in [5.74, 6) is -0.149. The standard InChI is InChI=1S/C26H22FN3O3/c1-15-5-4-6-21(26(31)32)22(15)14-33-20-9-16(2)25-24(11-20)30(17(3)29-25)13-19-8-7-18(12-28)10-23(19)27/h4-11H,13-14H2,1-3H3,(H,31,32). The zero-order valence-electron chi connectivity index (χ0n) is 18.5. The van der Waals surface area contributed by atoms with Gasteiger partial charge in [0.1, 0.15) is 24.0 Å². The number of hydrogen-bond acceptors (Lipinski definition) is 4. The van der Waals surface area contributed by atoms with E-state index in [4.69, 9.17) is 10.00 Å². The van der Waals surface area contributed by atoms with Crippen molar-refractivity contribution in [2.24, 2.45) is 0 Å². The van der Waals surface area contributed by atoms with Crippen LogP contribution < -0.4 is 4.74 Å². The van der Waals surface area contributed by atoms with Crippen LogP contribution in [0.15, 0.2) is 48.5 Å². The van der Waals surface area contributed by atoms with Crippen LogP contribution >= 0.6 is 0 Å². The lowest BCUT2D eigenvalue weighted by Gasteiger charge is -2.13. The molecule has 0 spiro atoms. The molecule has 6 nitrogen and oxygen atoms in total. The molecule has 0 aliphatic heterocycles. The van der Waals surface area contributed by atoms with Gasteiger partial charge in [0.25, 0.3) is 0 Å². The van der Waals surface area contributed by atoms with Crippen molar-refractivity contribution in [3.05, 3.63) is 93.6 Å². The Kier molecular flexibility index (Phi) is 5.84. The summed E-state index contributed by atoms with van der Waals surface area (Å²) < 4.78 is 22.4. The Morgan fingerprint density at radius 2 is 1.94 bits per heavy atom. The lowest BCUT2D eigenvalue weighted by molar-refractivity contribution is 0.0693. The van der Waals surface area contributed by atoms with E-state index in [1.165, 1.54) is 6.07 Å². The molecular weight excluding hydrogens is 421 g/mol. The molecule has 0 saturated heterocycles. The van der Waals surface area contributed by atoms with Gasteiger partial charge in [-0.1, -0.05) is 18.2 Å². The molecule has 0 unspecified atom stereocenters. The van der Waals surface area contributed by atoms with Crippen LogP contribution in [0, 0.1) is 37.9 Å². The molecule has 0 radical (unpaired) electrons. The van der Waals surface area contributed by atoms with Crippen molar-refractivity contribution in [1.82, 2.24) is 9.55 Å². The largest absolute Gasteiger partial charge is 0.489 e. The number of nitriles is 1. The summed E-state index contributed by atoms with van der Waals surface area (Å²) in [6.07, 6.45) is 0. The SMILES string of the molecule is Cc1cccc(C(=O)O)c1COc1cc(C)c2nc(C)n(Cc3ccc(C#N)cc3F)c2c1. The Hall–Kier alpha value is -4.18. The third-order valence-corrected chi connectivity index (χ3v) is 5.74. The predicted octanol–water partition coefficient (Wildman–Crippen LogP) is 5.30. The summed E-state index contributed by atoms with van der Waals surface area (Å²) in [7, 11) is 0. The van der Waals surface area contributed by atoms with Crippen LogP contribution in [0.3, 0.4) is 0 Å². The summed E-state index contributed by atoms with van der Waals surface area (Å²) in [4.78, 5) is 16.2. The zero-order valence-corrected chi connectivity index (χ0v) is 18.5. The number of hydrogen-bond donors (Lipinski definition) is 1. The van der Waals surface area contributed by atoms with Gasteiger partial charge in [0.2, 0.25) is 0 Å². The third-order valence-electron chi connectivity index (χ3n) is 5.74. The summed E-state index contributed by atoms with van der Waals surface area (Å²) in [5.41, 5.74) is 4.86. The van der Waals surface area contributed by atoms with Crippen molar-refractivity contribution >= 4 is 17.0 Å². The van der Waals surface area contributed by atoms with E-state index < -0.39 is 11.8 Å². The van der Waals surface area contributed by atoms with Crippen molar-refractivity contribution in [3.63, 3.8) is 0 Å². The molecule has 4 rings (SSSR count). The molecular formula is C26H22FN3O3. The molecule has 3 aromatic carbocycles. The van der Waals surface area contributed by atoms with E-state index in [2.05, 4.69) is 4.98 Å². The van der Waals surface area contributed by atoms with Gasteiger partial charge in [0.05, 0.1) is 34.8 Å². The number of ether oxygens (including phenoxy) is 1. The first-order chi connectivity index (χ1) is 15.8. The van der Waals surface area contributed by atoms with Gasteiger partial charge < -0.3 is 14.4 Å². The van der Waals surface area contributed by atoms with E-state index in [1.54, 1.807) is 24.3 Å². The van der Waals surface area contributed by atoms with Gasteiger partial charge in [-0.3, -0.25) is 0 Å². The first-order valence-electron chi connectivity index (χ1n) is 10.4. The molecule has 0 bridgehead atoms. The second kappa shape index (κ2) is 8.75. The highest BCUT2D eigenvalue weighted by Crippen LogP contribution is 2.28. The van der Waals surface area contributed by atoms with Crippen molar-refractivity contribution < 1.29 is 19.0 Å². The van der Waals surface area contributed by atoms with Crippen molar-refractivity contribution in [2.75, 3.05) is 0 Å². The molecule has 1 aromatic heterocycles. The summed E-state index contributed by atoms with van der Waals surface area (Å²) in [6, 6.07) is 15.2. The lowest BCUT2D eigenvalue weighted by atomic mass is 10.0. The average molecular weight is 443 g/mol. The van der Waals surface area contributed by atoms with Gasteiger partial charge in [-0.05, 0) is 56.2 Å². The number of carboxylic acid groups (broad SMARTS) is 1. The highest BCUT2D eigenvalue weighted by Gasteiger charge is 2.16. The van der Waals surface area contributed by atoms with E-state index in [-0.39, 0.29) is 24.3 Å². The molecule has 0 saturated carbocycles. The fourth-order valence-electron chi connectivity index (χ4n) is 3.92. The van der Waals surface area contributed by atoms with E-state index in [0.717, 1.165) is 28.0 Å². The maximum atomic E-state index is 14.5. The molecule has 1 heterocycles. The van der Waals surface area contributed by atoms with Crippen LogP contribution in [0.25, 0.3) is 11.0 Å². The van der Waals surface area contributed by atoms with Gasteiger partial charge in [-0.2, -0.15) is 5.26 Å². The molecule has 166 valence electrons. The number of benzene rings is 3. The summed E-state index contributed by atoms with van der Waals surface area (Å²) in [6.45, 7) is 5.99. The van der Waals surface area contributed by atoms with Gasteiger partial charge in [0.15, 0.2) is 0 Å². The summed E-state index contributed by atoms with van der Waals surface area (Å²) >= 11 is 0. The number of rotatable bonds is 6. The lowest BCUT2D eigenvalue weighted by Crippen LogP contribution is -2.08. The Labute approximate surface area is 190 Å². The minimum absolute atomic E-state index is 0.108. The Balaban J connectivity index is 1.69. The van der Waals surface area contributed by atoms with Crippen molar-refractivity contribution in [2.45, 2.75) is 33.9 Å². The van der Waals surface area contributed by atoms with E-state index >= 15 is 0 Å². The number of nitrogens with zero attached hydrogens (tertiary/aromatic N) is 3. The van der Waals surface area contributed by atoms with Crippen LogP contribution in [-0.4, -0.2) is 20.6 Å². The number of aromatic nitrogens is 2. The van der Waals surface area contributed by atoms with Gasteiger partial charge in [-0.15, -0.1) is 0 Å². The monoisotopic (exact) mass is 443 g/mol. The van der Waals surface area contributed by atoms with Gasteiger partial charge >= 0.3 is 5.97 Å². The number of halogens is 1. The van der Waals surface area contributed by atoms with Crippen LogP contribution in [0.4, 0.5) is 4.39 Å². The Morgan fingerprint density at radius 1 is 1.15 bits per heavy atom.